The standard InChI is InChI=1S/C43H76NO8P/c1-6-8-10-12-14-16-18-20-21-22-24-25-27-29-31-33-35-42(45)49-39-41(40-51-53(47,48)50-38-37-44(3,4)5)52-43(46)36-34-32-30-28-26-23-19-17-15-13-11-9-7-2/h8,10,14,16,20-21,23,26,30,32,41H,6-7,9,11-13,15,17-19,22,24-25,27-29,31,33-40H2,1-5H3/p+1/b10-8+,16-14+,21-20+,26-23+,32-30+. The van der Waals surface area contributed by atoms with E-state index in [1.54, 1.807) is 0 Å². The Labute approximate surface area is 324 Å². The molecule has 0 bridgehead atoms. The lowest BCUT2D eigenvalue weighted by molar-refractivity contribution is -0.870. The Morgan fingerprint density at radius 3 is 1.68 bits per heavy atom. The number of carbonyl (C=O) groups is 2. The molecule has 0 aliphatic carbocycles. The molecule has 0 rings (SSSR count). The summed E-state index contributed by atoms with van der Waals surface area (Å²) in [5.41, 5.74) is 0. The van der Waals surface area contributed by atoms with Gasteiger partial charge in [-0.2, -0.15) is 0 Å². The van der Waals surface area contributed by atoms with Crippen molar-refractivity contribution in [2.45, 2.75) is 155 Å². The molecule has 2 atom stereocenters. The maximum absolute atomic E-state index is 12.6. The highest BCUT2D eigenvalue weighted by molar-refractivity contribution is 7.47. The predicted octanol–water partition coefficient (Wildman–Crippen LogP) is 11.3. The number of hydrogen-bond acceptors (Lipinski definition) is 7. The van der Waals surface area contributed by atoms with E-state index in [-0.39, 0.29) is 26.1 Å². The molecule has 0 saturated carbocycles. The summed E-state index contributed by atoms with van der Waals surface area (Å²) < 4.78 is 34.1. The van der Waals surface area contributed by atoms with Crippen molar-refractivity contribution >= 4 is 19.8 Å². The van der Waals surface area contributed by atoms with Crippen LogP contribution in [-0.4, -0.2) is 74.9 Å². The minimum absolute atomic E-state index is 0.0176. The van der Waals surface area contributed by atoms with E-state index < -0.39 is 32.5 Å². The Kier molecular flexibility index (Phi) is 33.9. The SMILES string of the molecule is CC/C=C/C/C=C/C/C=C/CCCCCCCCC(=O)OCC(COP(=O)(O)OCC[N+](C)(C)C)OC(=O)CC/C=C/C/C=C/CCCCCCCC. The van der Waals surface area contributed by atoms with Gasteiger partial charge >= 0.3 is 19.8 Å². The molecule has 1 N–H and O–H groups in total. The van der Waals surface area contributed by atoms with Gasteiger partial charge < -0.3 is 18.9 Å². The molecular formula is C43H77NO8P+. The Morgan fingerprint density at radius 1 is 0.604 bits per heavy atom. The van der Waals surface area contributed by atoms with E-state index in [2.05, 4.69) is 62.5 Å². The second-order valence-corrected chi connectivity index (χ2v) is 16.1. The number of likely N-dealkylation sites (N-methyl/N-ethyl adjacent to an activating group) is 1. The summed E-state index contributed by atoms with van der Waals surface area (Å²) in [5.74, 6) is -0.898. The minimum atomic E-state index is -4.39. The fourth-order valence-electron chi connectivity index (χ4n) is 5.08. The van der Waals surface area contributed by atoms with Gasteiger partial charge in [-0.15, -0.1) is 0 Å². The van der Waals surface area contributed by atoms with Crippen molar-refractivity contribution in [3.8, 4) is 0 Å². The first-order valence-electron chi connectivity index (χ1n) is 20.5. The highest BCUT2D eigenvalue weighted by Crippen LogP contribution is 2.43. The highest BCUT2D eigenvalue weighted by Gasteiger charge is 2.27. The maximum Gasteiger partial charge on any atom is 0.472 e. The molecule has 0 aromatic rings. The summed E-state index contributed by atoms with van der Waals surface area (Å²) in [6.45, 7) is 4.20. The van der Waals surface area contributed by atoms with Gasteiger partial charge in [0.25, 0.3) is 0 Å². The molecule has 0 amide bonds. The van der Waals surface area contributed by atoms with Crippen LogP contribution in [0.1, 0.15) is 149 Å². The van der Waals surface area contributed by atoms with Gasteiger partial charge in [0.15, 0.2) is 6.10 Å². The quantitative estimate of drug-likeness (QED) is 0.0221. The summed E-state index contributed by atoms with van der Waals surface area (Å²) in [4.78, 5) is 35.2. The summed E-state index contributed by atoms with van der Waals surface area (Å²) in [6, 6.07) is 0. The zero-order chi connectivity index (χ0) is 39.3. The summed E-state index contributed by atoms with van der Waals surface area (Å²) >= 11 is 0. The number of phosphoric ester groups is 1. The molecule has 9 nitrogen and oxygen atoms in total. The maximum atomic E-state index is 12.6. The molecule has 0 radical (unpaired) electrons. The molecule has 0 heterocycles. The number of quaternary nitrogens is 1. The molecule has 53 heavy (non-hydrogen) atoms. The van der Waals surface area contributed by atoms with E-state index in [0.29, 0.717) is 23.9 Å². The zero-order valence-electron chi connectivity index (χ0n) is 34.2. The molecule has 0 aromatic heterocycles. The van der Waals surface area contributed by atoms with Gasteiger partial charge in [0.2, 0.25) is 0 Å². The molecular weight excluding hydrogens is 689 g/mol. The third-order valence-corrected chi connectivity index (χ3v) is 9.28. The Hall–Kier alpha value is -2.29. The molecule has 0 spiro atoms. The van der Waals surface area contributed by atoms with Crippen molar-refractivity contribution < 1.29 is 42.1 Å². The first-order chi connectivity index (χ1) is 25.5. The van der Waals surface area contributed by atoms with Gasteiger partial charge in [0, 0.05) is 12.8 Å². The third-order valence-electron chi connectivity index (χ3n) is 8.30. The number of ether oxygens (including phenoxy) is 2. The van der Waals surface area contributed by atoms with Gasteiger partial charge in [-0.3, -0.25) is 18.6 Å². The Morgan fingerprint density at radius 2 is 1.11 bits per heavy atom. The van der Waals surface area contributed by atoms with Crippen LogP contribution in [0.15, 0.2) is 60.8 Å². The van der Waals surface area contributed by atoms with E-state index in [1.807, 2.05) is 33.3 Å². The van der Waals surface area contributed by atoms with Crippen LogP contribution < -0.4 is 0 Å². The average Bonchev–Trinajstić information content (AvgIpc) is 3.10. The molecule has 0 fully saturated rings. The van der Waals surface area contributed by atoms with Gasteiger partial charge in [-0.25, -0.2) is 4.57 Å². The third kappa shape index (κ3) is 39.2. The van der Waals surface area contributed by atoms with Gasteiger partial charge in [-0.1, -0.05) is 132 Å². The van der Waals surface area contributed by atoms with Gasteiger partial charge in [-0.05, 0) is 64.2 Å². The van der Waals surface area contributed by atoms with Crippen LogP contribution in [0.25, 0.3) is 0 Å². The minimum Gasteiger partial charge on any atom is -0.462 e. The van der Waals surface area contributed by atoms with Crippen LogP contribution in [0.3, 0.4) is 0 Å². The Bertz CT molecular complexity index is 1090. The van der Waals surface area contributed by atoms with Crippen LogP contribution in [0.2, 0.25) is 0 Å². The first kappa shape index (κ1) is 50.7. The number of unbranched alkanes of at least 4 members (excludes halogenated alkanes) is 12. The van der Waals surface area contributed by atoms with Crippen molar-refractivity contribution in [3.05, 3.63) is 60.8 Å². The molecule has 0 aliphatic rings. The van der Waals surface area contributed by atoms with Crippen LogP contribution in [-0.2, 0) is 32.7 Å². The van der Waals surface area contributed by atoms with Gasteiger partial charge in [0.05, 0.1) is 27.7 Å². The lowest BCUT2D eigenvalue weighted by Crippen LogP contribution is -2.37. The van der Waals surface area contributed by atoms with Crippen molar-refractivity contribution in [2.75, 3.05) is 47.5 Å². The summed E-state index contributed by atoms with van der Waals surface area (Å²) in [7, 11) is 1.43. The van der Waals surface area contributed by atoms with E-state index in [1.165, 1.54) is 44.9 Å². The Balaban J connectivity index is 4.49. The van der Waals surface area contributed by atoms with Crippen molar-refractivity contribution in [1.29, 1.82) is 0 Å². The number of allylic oxidation sites excluding steroid dienone is 10. The lowest BCUT2D eigenvalue weighted by Gasteiger charge is -2.24. The van der Waals surface area contributed by atoms with Crippen molar-refractivity contribution in [2.24, 2.45) is 0 Å². The highest BCUT2D eigenvalue weighted by atomic mass is 31.2. The molecule has 2 unspecified atom stereocenters. The monoisotopic (exact) mass is 767 g/mol. The number of esters is 2. The summed E-state index contributed by atoms with van der Waals surface area (Å²) in [5, 5.41) is 0. The average molecular weight is 767 g/mol. The number of carbonyl (C=O) groups excluding carboxylic acids is 2. The fraction of sp³-hybridized carbons (Fsp3) is 0.721. The molecule has 0 aromatic carbocycles. The van der Waals surface area contributed by atoms with Crippen LogP contribution >= 0.6 is 7.82 Å². The number of rotatable bonds is 36. The van der Waals surface area contributed by atoms with Gasteiger partial charge in [0.1, 0.15) is 19.8 Å². The normalized spacial score (nSPS) is 14.3. The fourth-order valence-corrected chi connectivity index (χ4v) is 5.82. The van der Waals surface area contributed by atoms with Crippen LogP contribution in [0, 0.1) is 0 Å². The largest absolute Gasteiger partial charge is 0.472 e. The zero-order valence-corrected chi connectivity index (χ0v) is 35.1. The summed E-state index contributed by atoms with van der Waals surface area (Å²) in [6.07, 6.45) is 41.4. The lowest BCUT2D eigenvalue weighted by atomic mass is 10.1. The van der Waals surface area contributed by atoms with E-state index in [9.17, 15) is 19.0 Å². The van der Waals surface area contributed by atoms with Crippen LogP contribution in [0.5, 0.6) is 0 Å². The number of phosphoric acid groups is 1. The smallest absolute Gasteiger partial charge is 0.462 e. The second kappa shape index (κ2) is 35.4. The molecule has 0 aliphatic heterocycles. The van der Waals surface area contributed by atoms with Crippen molar-refractivity contribution in [3.63, 3.8) is 0 Å². The topological polar surface area (TPSA) is 108 Å². The molecule has 10 heteroatoms. The molecule has 306 valence electrons. The van der Waals surface area contributed by atoms with E-state index in [0.717, 1.165) is 64.2 Å². The number of nitrogens with zero attached hydrogens (tertiary/aromatic N) is 1. The number of hydrogen-bond donors (Lipinski definition) is 1. The van der Waals surface area contributed by atoms with Crippen LogP contribution in [0.4, 0.5) is 0 Å². The predicted molar refractivity (Wildman–Crippen MR) is 219 cm³/mol. The molecule has 0 saturated heterocycles. The van der Waals surface area contributed by atoms with E-state index in [4.69, 9.17) is 18.5 Å². The van der Waals surface area contributed by atoms with E-state index >= 15 is 0 Å². The first-order valence-corrected chi connectivity index (χ1v) is 22.0. The van der Waals surface area contributed by atoms with Crippen molar-refractivity contribution in [1.82, 2.24) is 0 Å². The second-order valence-electron chi connectivity index (χ2n) is 14.6.